The van der Waals surface area contributed by atoms with E-state index >= 15 is 0 Å². The van der Waals surface area contributed by atoms with Gasteiger partial charge in [-0.1, -0.05) is 30.3 Å². The first-order chi connectivity index (χ1) is 10.2. The maximum atomic E-state index is 12.0. The van der Waals surface area contributed by atoms with Gasteiger partial charge >= 0.3 is 5.91 Å². The van der Waals surface area contributed by atoms with Crippen LogP contribution in [0.4, 0.5) is 0 Å². The molecule has 2 aromatic heterocycles. The van der Waals surface area contributed by atoms with Gasteiger partial charge in [0, 0.05) is 11.9 Å². The van der Waals surface area contributed by atoms with Crippen molar-refractivity contribution in [3.8, 4) is 11.3 Å². The summed E-state index contributed by atoms with van der Waals surface area (Å²) in [5.74, 6) is -0.112. The Kier molecular flexibility index (Phi) is 3.58. The van der Waals surface area contributed by atoms with E-state index in [9.17, 15) is 4.79 Å². The van der Waals surface area contributed by atoms with E-state index in [-0.39, 0.29) is 11.7 Å². The zero-order valence-corrected chi connectivity index (χ0v) is 12.6. The van der Waals surface area contributed by atoms with Crippen LogP contribution in [0.2, 0.25) is 0 Å². The Morgan fingerprint density at radius 2 is 1.95 bits per heavy atom. The maximum absolute atomic E-state index is 12.0. The van der Waals surface area contributed by atoms with Gasteiger partial charge in [0.25, 0.3) is 0 Å². The molecular formula is C16H14N2O2S. The molecule has 4 nitrogen and oxygen atoms in total. The predicted octanol–water partition coefficient (Wildman–Crippen LogP) is 3.40. The van der Waals surface area contributed by atoms with Crippen molar-refractivity contribution in [2.45, 2.75) is 6.92 Å². The molecule has 0 N–H and O–H groups in total. The van der Waals surface area contributed by atoms with Gasteiger partial charge < -0.3 is 8.98 Å². The van der Waals surface area contributed by atoms with Crippen LogP contribution in [-0.4, -0.2) is 10.5 Å². The molecule has 3 rings (SSSR count). The highest BCUT2D eigenvalue weighted by Gasteiger charge is 2.12. The number of nitrogens with zero attached hydrogens (tertiary/aromatic N) is 2. The van der Waals surface area contributed by atoms with Crippen molar-refractivity contribution in [2.75, 3.05) is 0 Å². The Bertz CT molecular complexity index is 827. The molecule has 0 saturated heterocycles. The molecule has 0 aliphatic rings. The number of thiazole rings is 1. The molecule has 106 valence electrons. The SMILES string of the molecule is Cc1sc(=NC(=O)c2ccco2)n(C)c1-c1ccccc1. The van der Waals surface area contributed by atoms with Crippen LogP contribution >= 0.6 is 11.3 Å². The summed E-state index contributed by atoms with van der Waals surface area (Å²) >= 11 is 1.50. The molecule has 3 aromatic rings. The second kappa shape index (κ2) is 5.54. The van der Waals surface area contributed by atoms with Gasteiger partial charge in [0.1, 0.15) is 0 Å². The van der Waals surface area contributed by atoms with Gasteiger partial charge in [0.05, 0.1) is 12.0 Å². The molecule has 1 aromatic carbocycles. The molecule has 21 heavy (non-hydrogen) atoms. The summed E-state index contributed by atoms with van der Waals surface area (Å²) in [5, 5.41) is 0. The number of furan rings is 1. The first-order valence-corrected chi connectivity index (χ1v) is 7.33. The molecule has 0 fully saturated rings. The van der Waals surface area contributed by atoms with Crippen LogP contribution in [-0.2, 0) is 7.05 Å². The van der Waals surface area contributed by atoms with E-state index in [1.165, 1.54) is 17.6 Å². The summed E-state index contributed by atoms with van der Waals surface area (Å²) in [4.78, 5) is 18.0. The first-order valence-electron chi connectivity index (χ1n) is 6.51. The minimum Gasteiger partial charge on any atom is -0.459 e. The summed E-state index contributed by atoms with van der Waals surface area (Å²) in [6, 6.07) is 13.4. The first kappa shape index (κ1) is 13.6. The number of amides is 1. The van der Waals surface area contributed by atoms with Crippen LogP contribution in [0.1, 0.15) is 15.4 Å². The average Bonchev–Trinajstić information content (AvgIpc) is 3.09. The van der Waals surface area contributed by atoms with Crippen LogP contribution in [0.15, 0.2) is 58.1 Å². The minimum atomic E-state index is -0.364. The molecule has 0 radical (unpaired) electrons. The number of benzene rings is 1. The van der Waals surface area contributed by atoms with Crippen LogP contribution < -0.4 is 4.80 Å². The summed E-state index contributed by atoms with van der Waals surface area (Å²) < 4.78 is 7.02. The number of hydrogen-bond acceptors (Lipinski definition) is 3. The second-order valence-corrected chi connectivity index (χ2v) is 5.79. The van der Waals surface area contributed by atoms with Crippen molar-refractivity contribution in [1.29, 1.82) is 0 Å². The fraction of sp³-hybridized carbons (Fsp3) is 0.125. The highest BCUT2D eigenvalue weighted by molar-refractivity contribution is 7.09. The van der Waals surface area contributed by atoms with Gasteiger partial charge in [0.15, 0.2) is 10.6 Å². The lowest BCUT2D eigenvalue weighted by molar-refractivity contribution is 0.0971. The highest BCUT2D eigenvalue weighted by Crippen LogP contribution is 2.23. The van der Waals surface area contributed by atoms with Gasteiger partial charge in [-0.3, -0.25) is 4.79 Å². The number of carbonyl (C=O) groups is 1. The monoisotopic (exact) mass is 298 g/mol. The van der Waals surface area contributed by atoms with Crippen LogP contribution in [0.5, 0.6) is 0 Å². The number of hydrogen-bond donors (Lipinski definition) is 0. The van der Waals surface area contributed by atoms with Crippen molar-refractivity contribution in [3.63, 3.8) is 0 Å². The molecule has 0 spiro atoms. The van der Waals surface area contributed by atoms with E-state index < -0.39 is 0 Å². The number of aryl methyl sites for hydroxylation is 1. The summed E-state index contributed by atoms with van der Waals surface area (Å²) in [5.41, 5.74) is 2.19. The van der Waals surface area contributed by atoms with Crippen LogP contribution in [0.3, 0.4) is 0 Å². The maximum Gasteiger partial charge on any atom is 0.315 e. The Morgan fingerprint density at radius 1 is 1.19 bits per heavy atom. The summed E-state index contributed by atoms with van der Waals surface area (Å²) in [6.07, 6.45) is 1.47. The van der Waals surface area contributed by atoms with E-state index in [0.717, 1.165) is 16.1 Å². The summed E-state index contributed by atoms with van der Waals surface area (Å²) in [7, 11) is 1.92. The third-order valence-electron chi connectivity index (χ3n) is 3.18. The van der Waals surface area contributed by atoms with E-state index in [0.29, 0.717) is 4.80 Å². The minimum absolute atomic E-state index is 0.252. The Hall–Kier alpha value is -2.40. The number of aromatic nitrogens is 1. The quantitative estimate of drug-likeness (QED) is 0.728. The molecule has 0 saturated carbocycles. The second-order valence-electron chi connectivity index (χ2n) is 4.61. The molecule has 0 bridgehead atoms. The Labute approximate surface area is 126 Å². The standard InChI is InChI=1S/C16H14N2O2S/c1-11-14(12-7-4-3-5-8-12)18(2)16(21-11)17-15(19)13-9-6-10-20-13/h3-10H,1-2H3. The lowest BCUT2D eigenvalue weighted by Gasteiger charge is -2.03. The van der Waals surface area contributed by atoms with Crippen molar-refractivity contribution in [2.24, 2.45) is 12.0 Å². The smallest absolute Gasteiger partial charge is 0.315 e. The molecule has 0 aliphatic heterocycles. The number of rotatable bonds is 2. The van der Waals surface area contributed by atoms with Gasteiger partial charge in [0.2, 0.25) is 0 Å². The highest BCUT2D eigenvalue weighted by atomic mass is 32.1. The zero-order chi connectivity index (χ0) is 14.8. The van der Waals surface area contributed by atoms with Gasteiger partial charge in [-0.05, 0) is 24.6 Å². The van der Waals surface area contributed by atoms with E-state index in [4.69, 9.17) is 4.42 Å². The fourth-order valence-electron chi connectivity index (χ4n) is 2.22. The molecule has 1 amide bonds. The van der Waals surface area contributed by atoms with Crippen molar-refractivity contribution in [3.05, 3.63) is 64.2 Å². The van der Waals surface area contributed by atoms with E-state index in [1.807, 2.05) is 48.9 Å². The Morgan fingerprint density at radius 3 is 2.62 bits per heavy atom. The molecule has 0 aliphatic carbocycles. The lowest BCUT2D eigenvalue weighted by atomic mass is 10.1. The lowest BCUT2D eigenvalue weighted by Crippen LogP contribution is -2.14. The van der Waals surface area contributed by atoms with Crippen molar-refractivity contribution < 1.29 is 9.21 Å². The molecule has 5 heteroatoms. The van der Waals surface area contributed by atoms with E-state index in [2.05, 4.69) is 4.99 Å². The average molecular weight is 298 g/mol. The van der Waals surface area contributed by atoms with Crippen LogP contribution in [0.25, 0.3) is 11.3 Å². The summed E-state index contributed by atoms with van der Waals surface area (Å²) in [6.45, 7) is 2.03. The topological polar surface area (TPSA) is 47.5 Å². The predicted molar refractivity (Wildman–Crippen MR) is 82.1 cm³/mol. The zero-order valence-electron chi connectivity index (χ0n) is 11.7. The molecule has 0 atom stereocenters. The third kappa shape index (κ3) is 2.60. The van der Waals surface area contributed by atoms with Crippen LogP contribution in [0, 0.1) is 6.92 Å². The molecule has 2 heterocycles. The molecule has 0 unspecified atom stereocenters. The van der Waals surface area contributed by atoms with Crippen molar-refractivity contribution >= 4 is 17.2 Å². The van der Waals surface area contributed by atoms with E-state index in [1.54, 1.807) is 12.1 Å². The third-order valence-corrected chi connectivity index (χ3v) is 4.22. The van der Waals surface area contributed by atoms with Gasteiger partial charge in [-0.25, -0.2) is 0 Å². The van der Waals surface area contributed by atoms with Crippen molar-refractivity contribution in [1.82, 2.24) is 4.57 Å². The van der Waals surface area contributed by atoms with Gasteiger partial charge in [-0.2, -0.15) is 4.99 Å². The number of carbonyl (C=O) groups excluding carboxylic acids is 1. The fourth-order valence-corrected chi connectivity index (χ4v) is 3.20. The largest absolute Gasteiger partial charge is 0.459 e. The Balaban J connectivity index is 2.08. The normalized spacial score (nSPS) is 11.8. The van der Waals surface area contributed by atoms with Gasteiger partial charge in [-0.15, -0.1) is 11.3 Å². The molecular weight excluding hydrogens is 284 g/mol.